The molecule has 5 heteroatoms. The van der Waals surface area contributed by atoms with Gasteiger partial charge in [-0.3, -0.25) is 14.5 Å². The topological polar surface area (TPSA) is 49.4 Å². The van der Waals surface area contributed by atoms with E-state index < -0.39 is 0 Å². The highest BCUT2D eigenvalue weighted by molar-refractivity contribution is 6.08. The minimum Gasteiger partial charge on any atom is -0.311 e. The molecule has 4 nitrogen and oxygen atoms in total. The number of carbonyl (C=O) groups excluding carboxylic acids is 2. The van der Waals surface area contributed by atoms with Gasteiger partial charge in [-0.25, -0.2) is 4.39 Å². The second-order valence-electron chi connectivity index (χ2n) is 5.10. The lowest BCUT2D eigenvalue weighted by Gasteiger charge is -2.24. The fraction of sp³-hybridized carbons (Fsp3) is 0.429. The molecule has 2 aliphatic rings. The van der Waals surface area contributed by atoms with Crippen LogP contribution in [0.25, 0.3) is 0 Å². The zero-order valence-corrected chi connectivity index (χ0v) is 10.6. The summed E-state index contributed by atoms with van der Waals surface area (Å²) in [4.78, 5) is 25.1. The van der Waals surface area contributed by atoms with Crippen LogP contribution in [0, 0.1) is 17.7 Å². The summed E-state index contributed by atoms with van der Waals surface area (Å²) in [5, 5.41) is 2.97. The molecule has 0 radical (unpaired) electrons. The maximum Gasteiger partial charge on any atom is 0.233 e. The van der Waals surface area contributed by atoms with E-state index in [1.165, 1.54) is 11.0 Å². The van der Waals surface area contributed by atoms with E-state index in [0.717, 1.165) is 0 Å². The van der Waals surface area contributed by atoms with Crippen molar-refractivity contribution < 1.29 is 14.0 Å². The molecular weight excluding hydrogens is 247 g/mol. The Kier molecular flexibility index (Phi) is 2.86. The molecule has 1 saturated carbocycles. The Morgan fingerprint density at radius 1 is 1.32 bits per heavy atom. The first-order valence-corrected chi connectivity index (χ1v) is 6.40. The summed E-state index contributed by atoms with van der Waals surface area (Å²) >= 11 is 0. The first-order chi connectivity index (χ1) is 9.13. The largest absolute Gasteiger partial charge is 0.311 e. The number of fused-ring (bicyclic) bond motifs is 1. The van der Waals surface area contributed by atoms with Crippen molar-refractivity contribution in [1.29, 1.82) is 0 Å². The predicted octanol–water partition coefficient (Wildman–Crippen LogP) is 1.09. The number of likely N-dealkylation sites (N-methyl/N-ethyl adjacent to an activating group) is 1. The van der Waals surface area contributed by atoms with E-state index in [2.05, 4.69) is 5.32 Å². The number of halogens is 1. The highest BCUT2D eigenvalue weighted by Gasteiger charge is 2.58. The Morgan fingerprint density at radius 3 is 2.53 bits per heavy atom. The first kappa shape index (κ1) is 12.3. The van der Waals surface area contributed by atoms with E-state index in [4.69, 9.17) is 0 Å². The second kappa shape index (κ2) is 4.42. The van der Waals surface area contributed by atoms with Gasteiger partial charge in [0.1, 0.15) is 5.82 Å². The van der Waals surface area contributed by atoms with Gasteiger partial charge in [-0.15, -0.1) is 0 Å². The standard InChI is InChI=1S/C14H15FN2O2/c1-16-12(8-4-2-3-5-11(8)15)7-17-13(18)9-6-10(9)14(17)19/h2-5,9-10,12,16H,6-7H2,1H3. The maximum atomic E-state index is 13.8. The van der Waals surface area contributed by atoms with Crippen LogP contribution in [0.2, 0.25) is 0 Å². The molecule has 1 aliphatic carbocycles. The van der Waals surface area contributed by atoms with Gasteiger partial charge in [-0.1, -0.05) is 18.2 Å². The van der Waals surface area contributed by atoms with Gasteiger partial charge in [0.05, 0.1) is 17.9 Å². The van der Waals surface area contributed by atoms with Crippen LogP contribution in [0.1, 0.15) is 18.0 Å². The highest BCUT2D eigenvalue weighted by atomic mass is 19.1. The summed E-state index contributed by atoms with van der Waals surface area (Å²) in [5.74, 6) is -0.750. The van der Waals surface area contributed by atoms with Crippen LogP contribution in [-0.4, -0.2) is 30.3 Å². The number of hydrogen-bond acceptors (Lipinski definition) is 3. The molecule has 1 aromatic carbocycles. The minimum absolute atomic E-state index is 0.105. The van der Waals surface area contributed by atoms with Crippen molar-refractivity contribution in [2.24, 2.45) is 11.8 Å². The van der Waals surface area contributed by atoms with E-state index in [0.29, 0.717) is 12.0 Å². The van der Waals surface area contributed by atoms with Crippen molar-refractivity contribution in [1.82, 2.24) is 10.2 Å². The van der Waals surface area contributed by atoms with Gasteiger partial charge in [0.15, 0.2) is 0 Å². The number of piperidine rings is 1. The van der Waals surface area contributed by atoms with Crippen molar-refractivity contribution in [2.45, 2.75) is 12.5 Å². The minimum atomic E-state index is -0.369. The lowest BCUT2D eigenvalue weighted by Crippen LogP contribution is -2.39. The number of carbonyl (C=O) groups is 2. The zero-order valence-electron chi connectivity index (χ0n) is 10.6. The monoisotopic (exact) mass is 262 g/mol. The second-order valence-corrected chi connectivity index (χ2v) is 5.10. The number of rotatable bonds is 4. The molecule has 1 aliphatic heterocycles. The Balaban J connectivity index is 1.79. The molecular formula is C14H15FN2O2. The van der Waals surface area contributed by atoms with Crippen molar-refractivity contribution >= 4 is 11.8 Å². The van der Waals surface area contributed by atoms with Gasteiger partial charge in [0.2, 0.25) is 11.8 Å². The molecule has 0 spiro atoms. The molecule has 3 rings (SSSR count). The Labute approximate surface area is 110 Å². The van der Waals surface area contributed by atoms with Crippen LogP contribution < -0.4 is 5.32 Å². The van der Waals surface area contributed by atoms with Crippen LogP contribution in [0.3, 0.4) is 0 Å². The van der Waals surface area contributed by atoms with Crippen molar-refractivity contribution in [3.63, 3.8) is 0 Å². The number of benzene rings is 1. The van der Waals surface area contributed by atoms with E-state index in [9.17, 15) is 14.0 Å². The van der Waals surface area contributed by atoms with Gasteiger partial charge in [0, 0.05) is 12.1 Å². The van der Waals surface area contributed by atoms with Crippen LogP contribution in [0.15, 0.2) is 24.3 Å². The van der Waals surface area contributed by atoms with Gasteiger partial charge < -0.3 is 5.32 Å². The summed E-state index contributed by atoms with van der Waals surface area (Å²) in [6.45, 7) is 0.197. The molecule has 0 aromatic heterocycles. The normalized spacial score (nSPS) is 26.5. The van der Waals surface area contributed by atoms with Crippen LogP contribution >= 0.6 is 0 Å². The third kappa shape index (κ3) is 1.94. The molecule has 1 saturated heterocycles. The fourth-order valence-corrected chi connectivity index (χ4v) is 2.72. The smallest absolute Gasteiger partial charge is 0.233 e. The van der Waals surface area contributed by atoms with E-state index in [1.54, 1.807) is 25.2 Å². The molecule has 19 heavy (non-hydrogen) atoms. The lowest BCUT2D eigenvalue weighted by atomic mass is 10.1. The summed E-state index contributed by atoms with van der Waals surface area (Å²) < 4.78 is 13.8. The van der Waals surface area contributed by atoms with Crippen LogP contribution in [-0.2, 0) is 9.59 Å². The van der Waals surface area contributed by atoms with Crippen molar-refractivity contribution in [3.8, 4) is 0 Å². The molecule has 3 unspecified atom stereocenters. The molecule has 0 bridgehead atoms. The summed E-state index contributed by atoms with van der Waals surface area (Å²) in [6.07, 6.45) is 0.693. The predicted molar refractivity (Wildman–Crippen MR) is 66.5 cm³/mol. The van der Waals surface area contributed by atoms with Gasteiger partial charge in [-0.05, 0) is 19.5 Å². The van der Waals surface area contributed by atoms with Gasteiger partial charge >= 0.3 is 0 Å². The SMILES string of the molecule is CNC(CN1C(=O)C2CC2C1=O)c1ccccc1F. The quantitative estimate of drug-likeness (QED) is 0.826. The third-order valence-electron chi connectivity index (χ3n) is 3.95. The van der Waals surface area contributed by atoms with E-state index in [-0.39, 0.29) is 42.1 Å². The van der Waals surface area contributed by atoms with Crippen LogP contribution in [0.5, 0.6) is 0 Å². The van der Waals surface area contributed by atoms with Crippen molar-refractivity contribution in [2.75, 3.05) is 13.6 Å². The van der Waals surface area contributed by atoms with E-state index >= 15 is 0 Å². The molecule has 2 fully saturated rings. The van der Waals surface area contributed by atoms with Crippen LogP contribution in [0.4, 0.5) is 4.39 Å². The first-order valence-electron chi connectivity index (χ1n) is 6.40. The Morgan fingerprint density at radius 2 is 1.95 bits per heavy atom. The molecule has 100 valence electrons. The number of nitrogens with zero attached hydrogens (tertiary/aromatic N) is 1. The number of likely N-dealkylation sites (tertiary alicyclic amines) is 1. The number of imide groups is 1. The zero-order chi connectivity index (χ0) is 13.6. The number of amides is 2. The van der Waals surface area contributed by atoms with Crippen molar-refractivity contribution in [3.05, 3.63) is 35.6 Å². The Hall–Kier alpha value is -1.75. The molecule has 1 aromatic rings. The molecule has 2 amide bonds. The molecule has 1 N–H and O–H groups in total. The maximum absolute atomic E-state index is 13.8. The summed E-state index contributed by atoms with van der Waals surface area (Å²) in [5.41, 5.74) is 0.478. The highest BCUT2D eigenvalue weighted by Crippen LogP contribution is 2.47. The van der Waals surface area contributed by atoms with Gasteiger partial charge in [0.25, 0.3) is 0 Å². The van der Waals surface area contributed by atoms with E-state index in [1.807, 2.05) is 0 Å². The Bertz CT molecular complexity index is 526. The number of hydrogen-bond donors (Lipinski definition) is 1. The number of nitrogens with one attached hydrogen (secondary N) is 1. The fourth-order valence-electron chi connectivity index (χ4n) is 2.72. The summed E-state index contributed by atoms with van der Waals surface area (Å²) in [6, 6.07) is 6.04. The van der Waals surface area contributed by atoms with Gasteiger partial charge in [-0.2, -0.15) is 0 Å². The molecule has 3 atom stereocenters. The average Bonchev–Trinajstić information content (AvgIpc) is 3.16. The average molecular weight is 262 g/mol. The lowest BCUT2D eigenvalue weighted by molar-refractivity contribution is -0.141. The third-order valence-corrected chi connectivity index (χ3v) is 3.95. The summed E-state index contributed by atoms with van der Waals surface area (Å²) in [7, 11) is 1.70. The molecule has 1 heterocycles.